The van der Waals surface area contributed by atoms with Crippen LogP contribution in [0.25, 0.3) is 10.2 Å². The number of hydrogen-bond donors (Lipinski definition) is 0. The van der Waals surface area contributed by atoms with Crippen LogP contribution in [0.4, 0.5) is 0 Å². The summed E-state index contributed by atoms with van der Waals surface area (Å²) in [5.74, 6) is -0.520. The number of rotatable bonds is 4. The quantitative estimate of drug-likeness (QED) is 0.569. The van der Waals surface area contributed by atoms with Crippen molar-refractivity contribution in [1.29, 1.82) is 0 Å². The van der Waals surface area contributed by atoms with Crippen LogP contribution in [0.3, 0.4) is 0 Å². The van der Waals surface area contributed by atoms with E-state index in [1.165, 1.54) is 14.2 Å². The number of fused-ring (bicyclic) bond motifs is 2. The van der Waals surface area contributed by atoms with E-state index in [9.17, 15) is 14.4 Å². The summed E-state index contributed by atoms with van der Waals surface area (Å²) in [7, 11) is 2.57. The first-order valence-electron chi connectivity index (χ1n) is 9.25. The monoisotopic (exact) mass is 442 g/mol. The lowest BCUT2D eigenvalue weighted by Crippen LogP contribution is -2.37. The normalized spacial score (nSPS) is 15.5. The molecule has 2 aromatic carbocycles. The topological polar surface area (TPSA) is 105 Å². The molecule has 2 heterocycles. The van der Waals surface area contributed by atoms with E-state index in [4.69, 9.17) is 18.9 Å². The minimum absolute atomic E-state index is 0.0216. The molecular formula is C21H18N2O7S. The molecule has 1 aliphatic rings. The number of carbonyl (C=O) groups excluding carboxylic acids is 3. The Morgan fingerprint density at radius 1 is 1.13 bits per heavy atom. The molecule has 0 bridgehead atoms. The number of benzene rings is 2. The zero-order valence-corrected chi connectivity index (χ0v) is 17.5. The van der Waals surface area contributed by atoms with Crippen molar-refractivity contribution < 1.29 is 33.3 Å². The lowest BCUT2D eigenvalue weighted by molar-refractivity contribution is -0.141. The van der Waals surface area contributed by atoms with E-state index in [-0.39, 0.29) is 18.0 Å². The number of methoxy groups -OCH3 is 2. The minimum Gasteiger partial charge on any atom is -0.485 e. The molecule has 9 nitrogen and oxygen atoms in total. The number of thiazole rings is 1. The number of carbonyl (C=O) groups is 3. The van der Waals surface area contributed by atoms with E-state index < -0.39 is 23.9 Å². The smallest absolute Gasteiger partial charge is 0.337 e. The van der Waals surface area contributed by atoms with Gasteiger partial charge in [0.05, 0.1) is 30.0 Å². The molecule has 0 saturated heterocycles. The van der Waals surface area contributed by atoms with Crippen molar-refractivity contribution in [2.24, 2.45) is 4.99 Å². The van der Waals surface area contributed by atoms with Crippen LogP contribution in [0.5, 0.6) is 11.5 Å². The van der Waals surface area contributed by atoms with Crippen LogP contribution in [-0.2, 0) is 25.6 Å². The van der Waals surface area contributed by atoms with E-state index >= 15 is 0 Å². The first kappa shape index (κ1) is 20.6. The van der Waals surface area contributed by atoms with Crippen molar-refractivity contribution >= 4 is 39.4 Å². The Bertz CT molecular complexity index is 1240. The largest absolute Gasteiger partial charge is 0.485 e. The molecule has 160 valence electrons. The number of aromatic nitrogens is 1. The molecule has 4 rings (SSSR count). The molecule has 31 heavy (non-hydrogen) atoms. The van der Waals surface area contributed by atoms with Crippen molar-refractivity contribution in [3.63, 3.8) is 0 Å². The first-order chi connectivity index (χ1) is 15.0. The Morgan fingerprint density at radius 2 is 1.90 bits per heavy atom. The second-order valence-corrected chi connectivity index (χ2v) is 7.54. The maximum absolute atomic E-state index is 12.8. The summed E-state index contributed by atoms with van der Waals surface area (Å²) in [6.45, 7) is -0.126. The van der Waals surface area contributed by atoms with Crippen molar-refractivity contribution in [3.8, 4) is 11.5 Å². The predicted octanol–water partition coefficient (Wildman–Crippen LogP) is 1.93. The highest BCUT2D eigenvalue weighted by molar-refractivity contribution is 7.16. The SMILES string of the molecule is COC(=O)Cn1c(=NC(=O)[C@H]2COc3ccccc3O2)sc2cc(C(=O)OC)ccc21. The number of ether oxygens (including phenoxy) is 4. The van der Waals surface area contributed by atoms with Crippen molar-refractivity contribution in [2.45, 2.75) is 12.6 Å². The molecule has 0 spiro atoms. The fourth-order valence-corrected chi connectivity index (χ4v) is 4.13. The molecule has 1 amide bonds. The molecule has 0 aliphatic carbocycles. The van der Waals surface area contributed by atoms with E-state index in [0.717, 1.165) is 11.3 Å². The van der Waals surface area contributed by atoms with Gasteiger partial charge in [-0.2, -0.15) is 4.99 Å². The fourth-order valence-electron chi connectivity index (χ4n) is 3.06. The molecule has 1 aliphatic heterocycles. The number of esters is 2. The Balaban J connectivity index is 1.73. The van der Waals surface area contributed by atoms with Gasteiger partial charge in [0.15, 0.2) is 16.3 Å². The van der Waals surface area contributed by atoms with Gasteiger partial charge in [0.1, 0.15) is 13.2 Å². The van der Waals surface area contributed by atoms with Crippen LogP contribution in [-0.4, -0.2) is 49.3 Å². The second-order valence-electron chi connectivity index (χ2n) is 6.54. The predicted molar refractivity (Wildman–Crippen MR) is 110 cm³/mol. The van der Waals surface area contributed by atoms with Gasteiger partial charge in [-0.15, -0.1) is 0 Å². The van der Waals surface area contributed by atoms with Gasteiger partial charge in [0.2, 0.25) is 6.10 Å². The van der Waals surface area contributed by atoms with Gasteiger partial charge < -0.3 is 23.5 Å². The summed E-state index contributed by atoms with van der Waals surface area (Å²) in [6, 6.07) is 11.9. The maximum atomic E-state index is 12.8. The van der Waals surface area contributed by atoms with Crippen LogP contribution in [0.15, 0.2) is 47.5 Å². The molecule has 0 N–H and O–H groups in total. The summed E-state index contributed by atoms with van der Waals surface area (Å²) in [6.07, 6.45) is -0.919. The number of para-hydroxylation sites is 2. The van der Waals surface area contributed by atoms with Crippen molar-refractivity contribution in [1.82, 2.24) is 4.57 Å². The van der Waals surface area contributed by atoms with E-state index in [2.05, 4.69) is 4.99 Å². The number of hydrogen-bond acceptors (Lipinski definition) is 8. The van der Waals surface area contributed by atoms with Crippen LogP contribution >= 0.6 is 11.3 Å². The average molecular weight is 442 g/mol. The highest BCUT2D eigenvalue weighted by Crippen LogP contribution is 2.31. The molecule has 1 aromatic heterocycles. The highest BCUT2D eigenvalue weighted by Gasteiger charge is 2.27. The highest BCUT2D eigenvalue weighted by atomic mass is 32.1. The molecule has 0 fully saturated rings. The van der Waals surface area contributed by atoms with Gasteiger partial charge in [-0.25, -0.2) is 4.79 Å². The van der Waals surface area contributed by atoms with Crippen LogP contribution in [0.1, 0.15) is 10.4 Å². The lowest BCUT2D eigenvalue weighted by atomic mass is 10.2. The Kier molecular flexibility index (Phi) is 5.72. The lowest BCUT2D eigenvalue weighted by Gasteiger charge is -2.23. The number of amides is 1. The first-order valence-corrected chi connectivity index (χ1v) is 10.1. The zero-order valence-electron chi connectivity index (χ0n) is 16.7. The standard InChI is InChI=1S/C21H18N2O7S/c1-27-18(24)10-23-13-8-7-12(20(26)28-2)9-17(13)31-21(23)22-19(25)16-11-29-14-5-3-4-6-15(14)30-16/h3-9,16H,10-11H2,1-2H3/t16-/m1/s1. The Labute approximate surface area is 180 Å². The van der Waals surface area contributed by atoms with Gasteiger partial charge in [0, 0.05) is 0 Å². The molecule has 3 aromatic rings. The fraction of sp³-hybridized carbons (Fsp3) is 0.238. The van der Waals surface area contributed by atoms with Crippen LogP contribution in [0, 0.1) is 0 Å². The zero-order chi connectivity index (χ0) is 22.0. The molecular weight excluding hydrogens is 424 g/mol. The van der Waals surface area contributed by atoms with Crippen LogP contribution in [0.2, 0.25) is 0 Å². The van der Waals surface area contributed by atoms with Gasteiger partial charge in [-0.1, -0.05) is 23.5 Å². The molecule has 1 atom stereocenters. The average Bonchev–Trinajstić information content (AvgIpc) is 3.13. The van der Waals surface area contributed by atoms with Crippen molar-refractivity contribution in [2.75, 3.05) is 20.8 Å². The summed E-state index contributed by atoms with van der Waals surface area (Å²) in [4.78, 5) is 41.1. The molecule has 0 unspecified atom stereocenters. The second kappa shape index (κ2) is 8.60. The Morgan fingerprint density at radius 3 is 2.65 bits per heavy atom. The Hall–Kier alpha value is -3.66. The summed E-state index contributed by atoms with van der Waals surface area (Å²) in [5.41, 5.74) is 0.973. The van der Waals surface area contributed by atoms with Gasteiger partial charge >= 0.3 is 11.9 Å². The third-order valence-electron chi connectivity index (χ3n) is 4.61. The molecule has 10 heteroatoms. The van der Waals surface area contributed by atoms with Gasteiger partial charge in [0.25, 0.3) is 5.91 Å². The maximum Gasteiger partial charge on any atom is 0.337 e. The number of nitrogens with zero attached hydrogens (tertiary/aromatic N) is 2. The van der Waals surface area contributed by atoms with E-state index in [0.29, 0.717) is 27.3 Å². The summed E-state index contributed by atoms with van der Waals surface area (Å²) < 4.78 is 23.0. The van der Waals surface area contributed by atoms with Crippen molar-refractivity contribution in [3.05, 3.63) is 52.8 Å². The third-order valence-corrected chi connectivity index (χ3v) is 5.65. The molecule has 0 saturated carbocycles. The van der Waals surface area contributed by atoms with Gasteiger partial charge in [-0.3, -0.25) is 9.59 Å². The van der Waals surface area contributed by atoms with E-state index in [1.54, 1.807) is 41.0 Å². The van der Waals surface area contributed by atoms with Gasteiger partial charge in [-0.05, 0) is 30.3 Å². The third kappa shape index (κ3) is 4.15. The molecule has 0 radical (unpaired) electrons. The minimum atomic E-state index is -0.919. The summed E-state index contributed by atoms with van der Waals surface area (Å²) >= 11 is 1.16. The van der Waals surface area contributed by atoms with E-state index in [1.807, 2.05) is 6.07 Å². The summed E-state index contributed by atoms with van der Waals surface area (Å²) in [5, 5.41) is 0. The van der Waals surface area contributed by atoms with Crippen LogP contribution < -0.4 is 14.3 Å².